The topological polar surface area (TPSA) is 94.2 Å². The van der Waals surface area contributed by atoms with Gasteiger partial charge in [0.1, 0.15) is 0 Å². The number of carbonyl (C=O) groups excluding carboxylic acids is 2. The average molecular weight is 389 g/mol. The lowest BCUT2D eigenvalue weighted by molar-refractivity contribution is -0.120. The Morgan fingerprint density at radius 2 is 2.11 bits per heavy atom. The van der Waals surface area contributed by atoms with Gasteiger partial charge in [0.15, 0.2) is 23.3 Å². The molecule has 1 fully saturated rings. The summed E-state index contributed by atoms with van der Waals surface area (Å²) in [5, 5.41) is 0.784. The van der Waals surface area contributed by atoms with Crippen molar-refractivity contribution >= 4 is 34.8 Å². The van der Waals surface area contributed by atoms with E-state index in [0.717, 1.165) is 42.6 Å². The summed E-state index contributed by atoms with van der Waals surface area (Å²) in [5.41, 5.74) is 5.89. The van der Waals surface area contributed by atoms with Crippen LogP contribution in [0.5, 0.6) is 11.5 Å². The summed E-state index contributed by atoms with van der Waals surface area (Å²) >= 11 is 1.41. The minimum atomic E-state index is -0.562. The number of hydrogen-bond donors (Lipinski definition) is 1. The zero-order valence-corrected chi connectivity index (χ0v) is 16.3. The number of ether oxygens (including phenoxy) is 2. The number of nitrogens with zero attached hydrogens (tertiary/aromatic N) is 2. The van der Waals surface area contributed by atoms with E-state index in [1.165, 1.54) is 18.9 Å². The number of aliphatic imine (C=N–C) groups is 1. The highest BCUT2D eigenvalue weighted by Crippen LogP contribution is 2.34. The first-order chi connectivity index (χ1) is 13.0. The van der Waals surface area contributed by atoms with E-state index in [4.69, 9.17) is 15.2 Å². The molecule has 2 N–H and O–H groups in total. The number of amides is 2. The van der Waals surface area contributed by atoms with Crippen LogP contribution in [-0.2, 0) is 9.59 Å². The molecule has 0 radical (unpaired) electrons. The van der Waals surface area contributed by atoms with E-state index in [2.05, 4.69) is 16.8 Å². The van der Waals surface area contributed by atoms with E-state index in [-0.39, 0.29) is 12.5 Å². The van der Waals surface area contributed by atoms with E-state index in [1.807, 2.05) is 0 Å². The summed E-state index contributed by atoms with van der Waals surface area (Å²) in [4.78, 5) is 30.1. The number of methoxy groups -OCH3 is 1. The van der Waals surface area contributed by atoms with Crippen LogP contribution < -0.4 is 15.2 Å². The molecule has 2 heterocycles. The van der Waals surface area contributed by atoms with Crippen molar-refractivity contribution in [2.45, 2.75) is 19.8 Å². The molecule has 3 rings (SSSR count). The van der Waals surface area contributed by atoms with E-state index >= 15 is 0 Å². The summed E-state index contributed by atoms with van der Waals surface area (Å²) in [5.74, 6) is 0.826. The fraction of sp³-hybridized carbons (Fsp3) is 0.421. The summed E-state index contributed by atoms with van der Waals surface area (Å²) in [6, 6.07) is 5.23. The Morgan fingerprint density at radius 3 is 2.78 bits per heavy atom. The van der Waals surface area contributed by atoms with Crippen molar-refractivity contribution in [1.82, 2.24) is 4.90 Å². The Bertz CT molecular complexity index is 798. The molecule has 0 aliphatic carbocycles. The molecule has 8 heteroatoms. The molecule has 0 bridgehead atoms. The van der Waals surface area contributed by atoms with Crippen LogP contribution >= 0.6 is 11.8 Å². The predicted octanol–water partition coefficient (Wildman–Crippen LogP) is 2.26. The number of thioether (sulfide) groups is 1. The van der Waals surface area contributed by atoms with Crippen LogP contribution in [0.3, 0.4) is 0 Å². The van der Waals surface area contributed by atoms with Gasteiger partial charge in [-0.3, -0.25) is 9.59 Å². The molecule has 0 spiro atoms. The molecule has 0 atom stereocenters. The van der Waals surface area contributed by atoms with Gasteiger partial charge in [-0.2, -0.15) is 4.99 Å². The summed E-state index contributed by atoms with van der Waals surface area (Å²) in [6.45, 7) is 3.90. The van der Waals surface area contributed by atoms with Gasteiger partial charge in [0, 0.05) is 13.1 Å². The van der Waals surface area contributed by atoms with Crippen molar-refractivity contribution in [2.24, 2.45) is 16.6 Å². The number of amidine groups is 1. The van der Waals surface area contributed by atoms with E-state index in [0.29, 0.717) is 16.4 Å². The molecule has 2 aliphatic heterocycles. The maximum absolute atomic E-state index is 12.3. The Labute approximate surface area is 162 Å². The maximum Gasteiger partial charge on any atom is 0.286 e. The van der Waals surface area contributed by atoms with Crippen molar-refractivity contribution in [2.75, 3.05) is 26.8 Å². The number of rotatable bonds is 5. The second kappa shape index (κ2) is 8.47. The van der Waals surface area contributed by atoms with Gasteiger partial charge in [-0.1, -0.05) is 13.0 Å². The smallest absolute Gasteiger partial charge is 0.286 e. The van der Waals surface area contributed by atoms with E-state index in [1.54, 1.807) is 24.3 Å². The second-order valence-corrected chi connectivity index (χ2v) is 7.65. The zero-order chi connectivity index (χ0) is 19.4. The van der Waals surface area contributed by atoms with Gasteiger partial charge in [0.25, 0.3) is 11.8 Å². The quantitative estimate of drug-likeness (QED) is 0.777. The van der Waals surface area contributed by atoms with Gasteiger partial charge in [-0.05, 0) is 54.3 Å². The minimum absolute atomic E-state index is 0.221. The summed E-state index contributed by atoms with van der Waals surface area (Å²) in [6.07, 6.45) is 4.03. The lowest BCUT2D eigenvalue weighted by Crippen LogP contribution is -2.35. The molecule has 144 valence electrons. The first kappa shape index (κ1) is 19.3. The number of nitrogens with two attached hydrogens (primary N) is 1. The van der Waals surface area contributed by atoms with Crippen LogP contribution in [0.4, 0.5) is 0 Å². The van der Waals surface area contributed by atoms with Crippen molar-refractivity contribution in [3.05, 3.63) is 28.7 Å². The monoisotopic (exact) mass is 389 g/mol. The Balaban J connectivity index is 1.71. The number of carbonyl (C=O) groups is 2. The van der Waals surface area contributed by atoms with Crippen molar-refractivity contribution in [3.63, 3.8) is 0 Å². The first-order valence-corrected chi connectivity index (χ1v) is 9.64. The van der Waals surface area contributed by atoms with Gasteiger partial charge in [-0.25, -0.2) is 0 Å². The Kier molecular flexibility index (Phi) is 6.05. The molecule has 7 nitrogen and oxygen atoms in total. The Hall–Kier alpha value is -2.48. The molecule has 1 saturated heterocycles. The molecule has 2 amide bonds. The highest BCUT2D eigenvalue weighted by atomic mass is 32.2. The fourth-order valence-corrected chi connectivity index (χ4v) is 3.89. The van der Waals surface area contributed by atoms with Crippen LogP contribution in [0.15, 0.2) is 28.1 Å². The second-order valence-electron chi connectivity index (χ2n) is 6.65. The first-order valence-electron chi connectivity index (χ1n) is 8.83. The van der Waals surface area contributed by atoms with Crippen molar-refractivity contribution in [1.29, 1.82) is 0 Å². The molecular weight excluding hydrogens is 366 g/mol. The standard InChI is InChI=1S/C19H23N3O4S/c1-12-5-7-22(8-6-12)19-21-18(24)16(27-19)10-13-3-4-14(15(9-13)25-2)26-11-17(20)23/h3-4,9-10,12H,5-8,11H2,1-2H3,(H2,20,23)/b16-10-. The normalized spacial score (nSPS) is 19.3. The molecule has 1 aromatic rings. The van der Waals surface area contributed by atoms with Crippen molar-refractivity contribution < 1.29 is 19.1 Å². The van der Waals surface area contributed by atoms with Crippen LogP contribution in [0.25, 0.3) is 6.08 Å². The van der Waals surface area contributed by atoms with Crippen LogP contribution in [0.2, 0.25) is 0 Å². The fourth-order valence-electron chi connectivity index (χ4n) is 2.93. The number of likely N-dealkylation sites (tertiary alicyclic amines) is 1. The molecule has 0 aromatic heterocycles. The number of hydrogen-bond acceptors (Lipinski definition) is 6. The molecule has 0 saturated carbocycles. The van der Waals surface area contributed by atoms with E-state index < -0.39 is 5.91 Å². The highest BCUT2D eigenvalue weighted by Gasteiger charge is 2.28. The zero-order valence-electron chi connectivity index (χ0n) is 15.4. The van der Waals surface area contributed by atoms with Gasteiger partial charge in [0.2, 0.25) is 0 Å². The van der Waals surface area contributed by atoms with Crippen LogP contribution in [0, 0.1) is 5.92 Å². The number of primary amides is 1. The predicted molar refractivity (Wildman–Crippen MR) is 106 cm³/mol. The molecule has 0 unspecified atom stereocenters. The summed E-state index contributed by atoms with van der Waals surface area (Å²) in [7, 11) is 1.51. The van der Waals surface area contributed by atoms with Gasteiger partial charge >= 0.3 is 0 Å². The average Bonchev–Trinajstić information content (AvgIpc) is 3.01. The van der Waals surface area contributed by atoms with Crippen molar-refractivity contribution in [3.8, 4) is 11.5 Å². The lowest BCUT2D eigenvalue weighted by atomic mass is 10.00. The molecular formula is C19H23N3O4S. The largest absolute Gasteiger partial charge is 0.493 e. The van der Waals surface area contributed by atoms with Gasteiger partial charge in [0.05, 0.1) is 12.0 Å². The number of piperidine rings is 1. The summed E-state index contributed by atoms with van der Waals surface area (Å²) < 4.78 is 10.6. The minimum Gasteiger partial charge on any atom is -0.493 e. The van der Waals surface area contributed by atoms with Crippen LogP contribution in [-0.4, -0.2) is 48.7 Å². The Morgan fingerprint density at radius 1 is 1.37 bits per heavy atom. The molecule has 27 heavy (non-hydrogen) atoms. The third-order valence-electron chi connectivity index (χ3n) is 4.52. The third-order valence-corrected chi connectivity index (χ3v) is 5.56. The van der Waals surface area contributed by atoms with Crippen LogP contribution in [0.1, 0.15) is 25.3 Å². The molecule has 2 aliphatic rings. The SMILES string of the molecule is COc1cc(/C=C2\SC(N3CCC(C)CC3)=NC2=O)ccc1OCC(N)=O. The lowest BCUT2D eigenvalue weighted by Gasteiger charge is -2.30. The third kappa shape index (κ3) is 4.82. The molecule has 1 aromatic carbocycles. The highest BCUT2D eigenvalue weighted by molar-refractivity contribution is 8.18. The van der Waals surface area contributed by atoms with E-state index in [9.17, 15) is 9.59 Å². The maximum atomic E-state index is 12.3. The van der Waals surface area contributed by atoms with Gasteiger partial charge in [-0.15, -0.1) is 0 Å². The van der Waals surface area contributed by atoms with Gasteiger partial charge < -0.3 is 20.1 Å². The number of benzene rings is 1.